The minimum Gasteiger partial charge on any atom is -0.286 e. The maximum atomic E-state index is 10.6. The van der Waals surface area contributed by atoms with E-state index in [1.165, 1.54) is 44.5 Å². The van der Waals surface area contributed by atoms with E-state index in [0.29, 0.717) is 19.3 Å². The van der Waals surface area contributed by atoms with Crippen molar-refractivity contribution in [3.05, 3.63) is 123 Å². The van der Waals surface area contributed by atoms with Crippen molar-refractivity contribution in [2.24, 2.45) is 0 Å². The Morgan fingerprint density at radius 2 is 0.906 bits per heavy atom. The Morgan fingerprint density at radius 1 is 0.528 bits per heavy atom. The first kappa shape index (κ1) is 42.3. The molecular weight excluding hydrogens is 737 g/mol. The summed E-state index contributed by atoms with van der Waals surface area (Å²) in [5.74, 6) is -0.275. The zero-order valence-electron chi connectivity index (χ0n) is 30.1. The van der Waals surface area contributed by atoms with E-state index in [2.05, 4.69) is 58.8 Å². The molecule has 6 rings (SSSR count). The second-order valence-corrected chi connectivity index (χ2v) is 17.9. The first-order valence-electron chi connectivity index (χ1n) is 17.9. The zero-order valence-corrected chi connectivity index (χ0v) is 32.5. The van der Waals surface area contributed by atoms with E-state index in [1.807, 2.05) is 36.4 Å². The molecule has 1 atom stereocenters. The lowest BCUT2D eigenvalue weighted by Gasteiger charge is -2.18. The third kappa shape index (κ3) is 16.2. The molecule has 0 radical (unpaired) electrons. The number of fused-ring (bicyclic) bond motifs is 3. The summed E-state index contributed by atoms with van der Waals surface area (Å²) in [5.41, 5.74) is 11.5. The number of unbranched alkanes of at least 4 members (excludes halogenated alkanes) is 1. The lowest BCUT2D eigenvalue weighted by Crippen LogP contribution is -2.16. The molecule has 3 aromatic carbocycles. The van der Waals surface area contributed by atoms with E-state index >= 15 is 0 Å². The molecule has 288 valence electrons. The number of hydrogen-bond donors (Lipinski definition) is 3. The maximum Gasteiger partial charge on any atom is 0.397 e. The maximum absolute atomic E-state index is 10.6. The molecule has 0 amide bonds. The minimum absolute atomic E-state index is 0.128. The molecule has 0 aliphatic heterocycles. The first-order valence-corrected chi connectivity index (χ1v) is 22.5. The molecule has 13 heteroatoms. The predicted molar refractivity (Wildman–Crippen MR) is 211 cm³/mol. The Hall–Kier alpha value is -3.43. The van der Waals surface area contributed by atoms with Crippen LogP contribution < -0.4 is 0 Å². The zero-order chi connectivity index (χ0) is 38.5. The summed E-state index contributed by atoms with van der Waals surface area (Å²) >= 11 is 0. The summed E-state index contributed by atoms with van der Waals surface area (Å²) in [7, 11) is -12.0. The topological polar surface area (TPSA) is 172 Å². The standard InChI is InChI=1S/C14H18O3S.C13H16O4S.C13H16O3S/c15-18(16,17)10-4-3-5-12-8-9-13-6-1-2-7-14(13)11-12;1-10(17-18(14,15)16)8-11-6-7-12-4-2-3-5-13(12)9-11;14-17(15,16)9-3-4-11-7-8-12-5-1-2-6-13(12)10-11/h1-2,6-7,11H,3-5,8-10H2,(H,15,16,17);2-5,9-10H,6-8H2,1H3,(H,14,15,16);1-2,5-6,10H,3-4,7-9H2,(H,14,15,16). The van der Waals surface area contributed by atoms with Gasteiger partial charge in [0.25, 0.3) is 20.2 Å². The van der Waals surface area contributed by atoms with Gasteiger partial charge in [-0.25, -0.2) is 4.18 Å². The molecular formula is C40H50O10S3. The summed E-state index contributed by atoms with van der Waals surface area (Å²) in [6.07, 6.45) is 15.9. The number of rotatable bonds is 13. The van der Waals surface area contributed by atoms with Gasteiger partial charge in [0.15, 0.2) is 0 Å². The Morgan fingerprint density at radius 3 is 1.34 bits per heavy atom. The molecule has 3 aromatic rings. The average molecular weight is 787 g/mol. The Labute approximate surface area is 315 Å². The molecule has 0 saturated carbocycles. The van der Waals surface area contributed by atoms with Gasteiger partial charge in [-0.1, -0.05) is 108 Å². The van der Waals surface area contributed by atoms with Crippen LogP contribution in [0.3, 0.4) is 0 Å². The molecule has 1 unspecified atom stereocenters. The van der Waals surface area contributed by atoms with Crippen LogP contribution in [-0.4, -0.2) is 56.5 Å². The van der Waals surface area contributed by atoms with Crippen molar-refractivity contribution < 1.29 is 43.1 Å². The second-order valence-electron chi connectivity index (χ2n) is 13.7. The largest absolute Gasteiger partial charge is 0.397 e. The average Bonchev–Trinajstić information content (AvgIpc) is 3.09. The first-order chi connectivity index (χ1) is 25.0. The molecule has 10 nitrogen and oxygen atoms in total. The minimum atomic E-state index is -4.36. The molecule has 0 spiro atoms. The molecule has 53 heavy (non-hydrogen) atoms. The van der Waals surface area contributed by atoms with Gasteiger partial charge in [-0.15, -0.1) is 0 Å². The highest BCUT2D eigenvalue weighted by atomic mass is 32.3. The van der Waals surface area contributed by atoms with Crippen molar-refractivity contribution in [2.45, 2.75) is 90.1 Å². The van der Waals surface area contributed by atoms with E-state index in [9.17, 15) is 25.3 Å². The van der Waals surface area contributed by atoms with E-state index in [-0.39, 0.29) is 11.5 Å². The molecule has 3 N–H and O–H groups in total. The van der Waals surface area contributed by atoms with Crippen molar-refractivity contribution >= 4 is 48.9 Å². The van der Waals surface area contributed by atoms with Crippen LogP contribution in [0.5, 0.6) is 0 Å². The van der Waals surface area contributed by atoms with Crippen molar-refractivity contribution in [3.8, 4) is 0 Å². The van der Waals surface area contributed by atoms with Gasteiger partial charge in [-0.3, -0.25) is 13.7 Å². The van der Waals surface area contributed by atoms with E-state index in [4.69, 9.17) is 13.7 Å². The van der Waals surface area contributed by atoms with E-state index in [1.54, 1.807) is 6.92 Å². The van der Waals surface area contributed by atoms with Crippen LogP contribution in [0.25, 0.3) is 18.2 Å². The second kappa shape index (κ2) is 19.8. The number of aryl methyl sites for hydroxylation is 3. The fourth-order valence-corrected chi connectivity index (χ4v) is 8.32. The highest BCUT2D eigenvalue weighted by molar-refractivity contribution is 7.86. The van der Waals surface area contributed by atoms with Crippen LogP contribution in [-0.2, 0) is 54.1 Å². The molecule has 0 fully saturated rings. The van der Waals surface area contributed by atoms with Gasteiger partial charge in [0.2, 0.25) is 0 Å². The number of benzene rings is 3. The Bertz CT molecular complexity index is 2120. The van der Waals surface area contributed by atoms with Crippen LogP contribution >= 0.6 is 0 Å². The van der Waals surface area contributed by atoms with Crippen LogP contribution in [0.1, 0.15) is 98.1 Å². The predicted octanol–water partition coefficient (Wildman–Crippen LogP) is 8.37. The fraction of sp³-hybridized carbons (Fsp3) is 0.400. The lowest BCUT2D eigenvalue weighted by molar-refractivity contribution is 0.197. The van der Waals surface area contributed by atoms with Gasteiger partial charge in [0.05, 0.1) is 17.6 Å². The van der Waals surface area contributed by atoms with Crippen molar-refractivity contribution in [1.82, 2.24) is 0 Å². The molecule has 0 bridgehead atoms. The normalized spacial score (nSPS) is 15.7. The van der Waals surface area contributed by atoms with Gasteiger partial charge in [-0.2, -0.15) is 25.3 Å². The van der Waals surface area contributed by atoms with Crippen molar-refractivity contribution in [2.75, 3.05) is 11.5 Å². The monoisotopic (exact) mass is 786 g/mol. The smallest absolute Gasteiger partial charge is 0.286 e. The van der Waals surface area contributed by atoms with Gasteiger partial charge in [0, 0.05) is 0 Å². The SMILES string of the molecule is CC(CC1=Cc2ccccc2CC1)OS(=O)(=O)O.O=S(=O)(O)CCCC1=Cc2ccccc2CC1.O=S(=O)(O)CCCCC1=Cc2ccccc2CC1. The van der Waals surface area contributed by atoms with Crippen LogP contribution in [0.15, 0.2) is 89.5 Å². The molecule has 0 aromatic heterocycles. The Balaban J connectivity index is 0.000000178. The summed E-state index contributed by atoms with van der Waals surface area (Å²) in [5, 5.41) is 0. The highest BCUT2D eigenvalue weighted by Gasteiger charge is 2.17. The quantitative estimate of drug-likeness (QED) is 0.113. The highest BCUT2D eigenvalue weighted by Crippen LogP contribution is 2.29. The summed E-state index contributed by atoms with van der Waals surface area (Å²) in [4.78, 5) is 0. The van der Waals surface area contributed by atoms with Gasteiger partial charge >= 0.3 is 10.4 Å². The lowest BCUT2D eigenvalue weighted by atomic mass is 9.90. The van der Waals surface area contributed by atoms with Gasteiger partial charge in [0.1, 0.15) is 0 Å². The fourth-order valence-electron chi connectivity index (χ4n) is 6.75. The van der Waals surface area contributed by atoms with Crippen LogP contribution in [0.2, 0.25) is 0 Å². The Kier molecular flexibility index (Phi) is 15.8. The molecule has 0 saturated heterocycles. The summed E-state index contributed by atoms with van der Waals surface area (Å²) in [6.45, 7) is 1.63. The van der Waals surface area contributed by atoms with Crippen LogP contribution in [0.4, 0.5) is 0 Å². The molecule has 3 aliphatic rings. The number of hydrogen-bond acceptors (Lipinski definition) is 7. The summed E-state index contributed by atoms with van der Waals surface area (Å²) < 4.78 is 94.0. The number of allylic oxidation sites excluding steroid dienone is 2. The van der Waals surface area contributed by atoms with Crippen LogP contribution in [0, 0.1) is 0 Å². The third-order valence-corrected chi connectivity index (χ3v) is 11.5. The van der Waals surface area contributed by atoms with Crippen molar-refractivity contribution in [3.63, 3.8) is 0 Å². The van der Waals surface area contributed by atoms with Gasteiger partial charge < -0.3 is 0 Å². The molecule has 0 heterocycles. The van der Waals surface area contributed by atoms with Crippen molar-refractivity contribution in [1.29, 1.82) is 0 Å². The van der Waals surface area contributed by atoms with E-state index < -0.39 is 36.7 Å². The third-order valence-electron chi connectivity index (χ3n) is 9.28. The molecule has 3 aliphatic carbocycles. The van der Waals surface area contributed by atoms with E-state index in [0.717, 1.165) is 63.4 Å². The van der Waals surface area contributed by atoms with Gasteiger partial charge in [-0.05, 0) is 117 Å². The summed E-state index contributed by atoms with van der Waals surface area (Å²) in [6, 6.07) is 24.8.